The zero-order valence-corrected chi connectivity index (χ0v) is 15.6. The van der Waals surface area contributed by atoms with Gasteiger partial charge in [0, 0.05) is 21.9 Å². The number of carbonyl (C=O) groups is 2. The zero-order chi connectivity index (χ0) is 18.2. The minimum Gasteiger partial charge on any atom is -0.490 e. The molecular weight excluding hydrogens is 388 g/mol. The highest BCUT2D eigenvalue weighted by Gasteiger charge is 2.15. The summed E-state index contributed by atoms with van der Waals surface area (Å²) in [7, 11) is 0. The average molecular weight is 407 g/mol. The Bertz CT molecular complexity index is 764. The Morgan fingerprint density at radius 2 is 1.48 bits per heavy atom. The molecule has 2 rings (SSSR count). The first-order valence-electron chi connectivity index (χ1n) is 7.81. The summed E-state index contributed by atoms with van der Waals surface area (Å²) in [6.45, 7) is 4.69. The Balaban J connectivity index is 2.06. The molecule has 2 N–H and O–H groups in total. The van der Waals surface area contributed by atoms with Crippen molar-refractivity contribution in [1.29, 1.82) is 0 Å². The molecule has 2 aromatic carbocycles. The third-order valence-electron chi connectivity index (χ3n) is 3.09. The molecule has 25 heavy (non-hydrogen) atoms. The van der Waals surface area contributed by atoms with E-state index in [4.69, 9.17) is 9.47 Å². The van der Waals surface area contributed by atoms with E-state index in [1.54, 1.807) is 36.4 Å². The Morgan fingerprint density at radius 1 is 0.880 bits per heavy atom. The highest BCUT2D eigenvalue weighted by Crippen LogP contribution is 2.30. The molecule has 0 aliphatic carbocycles. The number of ether oxygens (including phenoxy) is 2. The van der Waals surface area contributed by atoms with Crippen LogP contribution in [0.2, 0.25) is 0 Å². The van der Waals surface area contributed by atoms with Gasteiger partial charge in [-0.05, 0) is 44.2 Å². The summed E-state index contributed by atoms with van der Waals surface area (Å²) in [5.74, 6) is -0.438. The molecule has 0 heterocycles. The molecule has 0 unspecified atom stereocenters. The second-order valence-electron chi connectivity index (χ2n) is 4.95. The van der Waals surface area contributed by atoms with Crippen molar-refractivity contribution in [1.82, 2.24) is 0 Å². The lowest BCUT2D eigenvalue weighted by Crippen LogP contribution is -2.29. The average Bonchev–Trinajstić information content (AvgIpc) is 2.57. The molecule has 7 heteroatoms. The SMILES string of the molecule is CCOc1ccc(NC(=O)C(=O)Nc2cccc(Br)c2)cc1OCC. The lowest BCUT2D eigenvalue weighted by molar-refractivity contribution is -0.133. The quantitative estimate of drug-likeness (QED) is 0.714. The van der Waals surface area contributed by atoms with Crippen molar-refractivity contribution in [3.8, 4) is 11.5 Å². The first-order chi connectivity index (χ1) is 12.0. The van der Waals surface area contributed by atoms with E-state index in [2.05, 4.69) is 26.6 Å². The van der Waals surface area contributed by atoms with Gasteiger partial charge in [0.15, 0.2) is 11.5 Å². The Morgan fingerprint density at radius 3 is 2.08 bits per heavy atom. The van der Waals surface area contributed by atoms with Gasteiger partial charge in [0.05, 0.1) is 13.2 Å². The minimum absolute atomic E-state index is 0.446. The maximum Gasteiger partial charge on any atom is 0.314 e. The molecule has 0 spiro atoms. The molecule has 0 bridgehead atoms. The monoisotopic (exact) mass is 406 g/mol. The van der Waals surface area contributed by atoms with Crippen LogP contribution in [0.3, 0.4) is 0 Å². The van der Waals surface area contributed by atoms with Crippen LogP contribution in [0.5, 0.6) is 11.5 Å². The third kappa shape index (κ3) is 5.49. The van der Waals surface area contributed by atoms with E-state index in [0.29, 0.717) is 36.1 Å². The molecule has 0 saturated heterocycles. The normalized spacial score (nSPS) is 10.0. The zero-order valence-electron chi connectivity index (χ0n) is 14.0. The minimum atomic E-state index is -0.772. The van der Waals surface area contributed by atoms with Crippen molar-refractivity contribution in [2.24, 2.45) is 0 Å². The first kappa shape index (κ1) is 18.8. The van der Waals surface area contributed by atoms with E-state index in [9.17, 15) is 9.59 Å². The molecule has 0 radical (unpaired) electrons. The van der Waals surface area contributed by atoms with Gasteiger partial charge in [0.2, 0.25) is 0 Å². The fourth-order valence-electron chi connectivity index (χ4n) is 2.07. The van der Waals surface area contributed by atoms with Crippen LogP contribution in [0, 0.1) is 0 Å². The predicted octanol–water partition coefficient (Wildman–Crippen LogP) is 3.82. The van der Waals surface area contributed by atoms with Crippen molar-refractivity contribution in [3.05, 3.63) is 46.9 Å². The van der Waals surface area contributed by atoms with Crippen molar-refractivity contribution in [2.45, 2.75) is 13.8 Å². The number of rotatable bonds is 6. The van der Waals surface area contributed by atoms with Crippen molar-refractivity contribution < 1.29 is 19.1 Å². The molecule has 0 atom stereocenters. The topological polar surface area (TPSA) is 76.7 Å². The van der Waals surface area contributed by atoms with Gasteiger partial charge >= 0.3 is 11.8 Å². The molecule has 2 amide bonds. The number of hydrogen-bond acceptors (Lipinski definition) is 4. The molecule has 0 aliphatic rings. The maximum absolute atomic E-state index is 12.1. The third-order valence-corrected chi connectivity index (χ3v) is 3.58. The largest absolute Gasteiger partial charge is 0.490 e. The van der Waals surface area contributed by atoms with E-state index in [1.165, 1.54) is 0 Å². The highest BCUT2D eigenvalue weighted by atomic mass is 79.9. The van der Waals surface area contributed by atoms with Crippen LogP contribution in [-0.4, -0.2) is 25.0 Å². The van der Waals surface area contributed by atoms with Gasteiger partial charge in [-0.15, -0.1) is 0 Å². The molecule has 0 saturated carbocycles. The van der Waals surface area contributed by atoms with E-state index < -0.39 is 11.8 Å². The summed E-state index contributed by atoms with van der Waals surface area (Å²) in [5, 5.41) is 5.08. The standard InChI is InChI=1S/C18H19BrN2O4/c1-3-24-15-9-8-14(11-16(15)25-4-2)21-18(23)17(22)20-13-7-5-6-12(19)10-13/h5-11H,3-4H2,1-2H3,(H,20,22)(H,21,23). The van der Waals surface area contributed by atoms with Crippen LogP contribution in [0.4, 0.5) is 11.4 Å². The lowest BCUT2D eigenvalue weighted by atomic mass is 10.2. The van der Waals surface area contributed by atoms with Crippen LogP contribution in [0.1, 0.15) is 13.8 Å². The number of nitrogens with one attached hydrogen (secondary N) is 2. The number of carbonyl (C=O) groups excluding carboxylic acids is 2. The number of hydrogen-bond donors (Lipinski definition) is 2. The van der Waals surface area contributed by atoms with Crippen LogP contribution in [-0.2, 0) is 9.59 Å². The molecule has 0 fully saturated rings. The molecule has 0 aliphatic heterocycles. The fourth-order valence-corrected chi connectivity index (χ4v) is 2.47. The predicted molar refractivity (Wildman–Crippen MR) is 100 cm³/mol. The Labute approximate surface area is 154 Å². The molecule has 6 nitrogen and oxygen atoms in total. The highest BCUT2D eigenvalue weighted by molar-refractivity contribution is 9.10. The lowest BCUT2D eigenvalue weighted by Gasteiger charge is -2.13. The Hall–Kier alpha value is -2.54. The van der Waals surface area contributed by atoms with Crippen molar-refractivity contribution in [3.63, 3.8) is 0 Å². The van der Waals surface area contributed by atoms with Gasteiger partial charge in [0.25, 0.3) is 0 Å². The van der Waals surface area contributed by atoms with Crippen molar-refractivity contribution in [2.75, 3.05) is 23.8 Å². The summed E-state index contributed by atoms with van der Waals surface area (Å²) in [6, 6.07) is 11.9. The maximum atomic E-state index is 12.1. The summed E-state index contributed by atoms with van der Waals surface area (Å²) >= 11 is 3.31. The molecule has 132 valence electrons. The smallest absolute Gasteiger partial charge is 0.314 e. The van der Waals surface area contributed by atoms with Crippen LogP contribution >= 0.6 is 15.9 Å². The summed E-state index contributed by atoms with van der Waals surface area (Å²) < 4.78 is 11.8. The van der Waals surface area contributed by atoms with Gasteiger partial charge < -0.3 is 20.1 Å². The summed E-state index contributed by atoms with van der Waals surface area (Å²) in [5.41, 5.74) is 0.970. The van der Waals surface area contributed by atoms with Crippen LogP contribution < -0.4 is 20.1 Å². The van der Waals surface area contributed by atoms with Crippen LogP contribution in [0.15, 0.2) is 46.9 Å². The van der Waals surface area contributed by atoms with Crippen LogP contribution in [0.25, 0.3) is 0 Å². The van der Waals surface area contributed by atoms with Gasteiger partial charge in [0.1, 0.15) is 0 Å². The second kappa shape index (κ2) is 9.08. The Kier molecular flexibility index (Phi) is 6.82. The number of halogens is 1. The van der Waals surface area contributed by atoms with Gasteiger partial charge in [-0.1, -0.05) is 22.0 Å². The van der Waals surface area contributed by atoms with Gasteiger partial charge in [-0.25, -0.2) is 0 Å². The fraction of sp³-hybridized carbons (Fsp3) is 0.222. The summed E-state index contributed by atoms with van der Waals surface area (Å²) in [4.78, 5) is 24.1. The van der Waals surface area contributed by atoms with E-state index >= 15 is 0 Å². The van der Waals surface area contributed by atoms with Gasteiger partial charge in [-0.3, -0.25) is 9.59 Å². The molecule has 2 aromatic rings. The van der Waals surface area contributed by atoms with E-state index in [1.807, 2.05) is 19.9 Å². The van der Waals surface area contributed by atoms with Gasteiger partial charge in [-0.2, -0.15) is 0 Å². The number of benzene rings is 2. The van der Waals surface area contributed by atoms with E-state index in [0.717, 1.165) is 4.47 Å². The second-order valence-corrected chi connectivity index (χ2v) is 5.86. The molecule has 0 aromatic heterocycles. The summed E-state index contributed by atoms with van der Waals surface area (Å²) in [6.07, 6.45) is 0. The van der Waals surface area contributed by atoms with Crippen molar-refractivity contribution >= 4 is 39.1 Å². The first-order valence-corrected chi connectivity index (χ1v) is 8.60. The number of anilines is 2. The van der Waals surface area contributed by atoms with E-state index in [-0.39, 0.29) is 0 Å². The molecular formula is C18H19BrN2O4. The number of amides is 2.